The Bertz CT molecular complexity index is 202. The topological polar surface area (TPSA) is 74.6 Å². The summed E-state index contributed by atoms with van der Waals surface area (Å²) in [5.41, 5.74) is 0. The summed E-state index contributed by atoms with van der Waals surface area (Å²) in [6.45, 7) is 0. The van der Waals surface area contributed by atoms with Gasteiger partial charge in [0.05, 0.1) is 0 Å². The van der Waals surface area contributed by atoms with Crippen molar-refractivity contribution in [3.05, 3.63) is 0 Å². The van der Waals surface area contributed by atoms with Gasteiger partial charge in [-0.3, -0.25) is 9.59 Å². The van der Waals surface area contributed by atoms with Crippen molar-refractivity contribution < 1.29 is 19.8 Å². The van der Waals surface area contributed by atoms with Gasteiger partial charge < -0.3 is 10.2 Å². The van der Waals surface area contributed by atoms with E-state index < -0.39 is 22.4 Å². The summed E-state index contributed by atoms with van der Waals surface area (Å²) < 4.78 is 0. The molecule has 0 saturated carbocycles. The SMILES string of the molecule is O=C(O)C1CSSC(C(=O)O)CSS1. The number of carbonyl (C=O) groups is 2. The van der Waals surface area contributed by atoms with E-state index in [0.717, 1.165) is 0 Å². The van der Waals surface area contributed by atoms with Crippen LogP contribution in [-0.4, -0.2) is 44.2 Å². The second-order valence-electron chi connectivity index (χ2n) is 2.42. The van der Waals surface area contributed by atoms with Gasteiger partial charge in [-0.15, -0.1) is 0 Å². The van der Waals surface area contributed by atoms with Crippen molar-refractivity contribution in [1.29, 1.82) is 0 Å². The van der Waals surface area contributed by atoms with Crippen molar-refractivity contribution in [2.24, 2.45) is 0 Å². The van der Waals surface area contributed by atoms with Crippen LogP contribution in [0.15, 0.2) is 0 Å². The van der Waals surface area contributed by atoms with E-state index in [0.29, 0.717) is 11.5 Å². The average Bonchev–Trinajstić information content (AvgIpc) is 2.01. The highest BCUT2D eigenvalue weighted by molar-refractivity contribution is 8.80. The van der Waals surface area contributed by atoms with Crippen LogP contribution in [-0.2, 0) is 9.59 Å². The molecule has 0 spiro atoms. The van der Waals surface area contributed by atoms with Gasteiger partial charge in [0.25, 0.3) is 0 Å². The molecule has 2 N–H and O–H groups in total. The van der Waals surface area contributed by atoms with Gasteiger partial charge in [0.1, 0.15) is 10.5 Å². The van der Waals surface area contributed by atoms with Gasteiger partial charge in [0.2, 0.25) is 0 Å². The first kappa shape index (κ1) is 12.4. The van der Waals surface area contributed by atoms with Crippen molar-refractivity contribution in [3.63, 3.8) is 0 Å². The molecule has 0 aromatic rings. The summed E-state index contributed by atoms with van der Waals surface area (Å²) in [4.78, 5) is 21.3. The zero-order valence-electron chi connectivity index (χ0n) is 6.91. The van der Waals surface area contributed by atoms with Crippen LogP contribution < -0.4 is 0 Å². The van der Waals surface area contributed by atoms with Crippen molar-refractivity contribution in [2.45, 2.75) is 10.5 Å². The molecule has 1 heterocycles. The maximum absolute atomic E-state index is 10.7. The molecule has 4 nitrogen and oxygen atoms in total. The molecule has 0 bridgehead atoms. The van der Waals surface area contributed by atoms with E-state index in [-0.39, 0.29) is 0 Å². The van der Waals surface area contributed by atoms with E-state index in [9.17, 15) is 9.59 Å². The zero-order chi connectivity index (χ0) is 10.6. The first-order chi connectivity index (χ1) is 6.61. The monoisotopic (exact) mass is 272 g/mol. The molecule has 1 aliphatic heterocycles. The molecular formula is C6H8O4S4. The van der Waals surface area contributed by atoms with Crippen molar-refractivity contribution >= 4 is 55.1 Å². The van der Waals surface area contributed by atoms with Gasteiger partial charge >= 0.3 is 11.9 Å². The Morgan fingerprint density at radius 1 is 0.929 bits per heavy atom. The van der Waals surface area contributed by atoms with Crippen molar-refractivity contribution in [3.8, 4) is 0 Å². The summed E-state index contributed by atoms with van der Waals surface area (Å²) >= 11 is 0. The lowest BCUT2D eigenvalue weighted by Gasteiger charge is -2.17. The third-order valence-corrected chi connectivity index (χ3v) is 7.22. The molecular weight excluding hydrogens is 264 g/mol. The highest BCUT2D eigenvalue weighted by Gasteiger charge is 2.26. The van der Waals surface area contributed by atoms with Crippen LogP contribution in [0.25, 0.3) is 0 Å². The summed E-state index contributed by atoms with van der Waals surface area (Å²) in [6.07, 6.45) is 0. The molecule has 1 rings (SSSR count). The number of hydrogen-bond donors (Lipinski definition) is 2. The standard InChI is InChI=1S/C6H8O4S4/c7-5(8)3-1-11-14-4(6(9)10)2-12-13-3/h3-4H,1-2H2,(H,7,8)(H,9,10). The number of hydrogen-bond acceptors (Lipinski definition) is 6. The Kier molecular flexibility index (Phi) is 5.35. The molecule has 1 fully saturated rings. The van der Waals surface area contributed by atoms with Crippen LogP contribution in [0.4, 0.5) is 0 Å². The van der Waals surface area contributed by atoms with Crippen LogP contribution in [0, 0.1) is 0 Å². The number of carboxylic acids is 2. The Morgan fingerprint density at radius 2 is 1.29 bits per heavy atom. The number of rotatable bonds is 2. The molecule has 1 aliphatic rings. The van der Waals surface area contributed by atoms with Crippen molar-refractivity contribution in [2.75, 3.05) is 11.5 Å². The lowest BCUT2D eigenvalue weighted by Crippen LogP contribution is -2.23. The third kappa shape index (κ3) is 3.84. The second kappa shape index (κ2) is 6.04. The van der Waals surface area contributed by atoms with Crippen LogP contribution in [0.2, 0.25) is 0 Å². The Balaban J connectivity index is 2.43. The summed E-state index contributed by atoms with van der Waals surface area (Å²) in [5, 5.41) is 16.6. The molecule has 0 amide bonds. The summed E-state index contributed by atoms with van der Waals surface area (Å²) in [7, 11) is 5.14. The van der Waals surface area contributed by atoms with Crippen LogP contribution in [0.1, 0.15) is 0 Å². The van der Waals surface area contributed by atoms with Gasteiger partial charge in [0, 0.05) is 11.5 Å². The van der Waals surface area contributed by atoms with Crippen LogP contribution >= 0.6 is 43.2 Å². The highest BCUT2D eigenvalue weighted by atomic mass is 33.1. The van der Waals surface area contributed by atoms with Crippen LogP contribution in [0.3, 0.4) is 0 Å². The molecule has 2 atom stereocenters. The predicted octanol–water partition coefficient (Wildman–Crippen LogP) is 1.67. The fraction of sp³-hybridized carbons (Fsp3) is 0.667. The number of carboxylic acid groups (broad SMARTS) is 2. The minimum atomic E-state index is -0.829. The maximum atomic E-state index is 10.7. The third-order valence-electron chi connectivity index (χ3n) is 1.36. The lowest BCUT2D eigenvalue weighted by atomic mass is 10.5. The Morgan fingerprint density at radius 3 is 1.57 bits per heavy atom. The van der Waals surface area contributed by atoms with E-state index in [4.69, 9.17) is 10.2 Å². The molecule has 1 saturated heterocycles. The average molecular weight is 272 g/mol. The zero-order valence-corrected chi connectivity index (χ0v) is 10.2. The highest BCUT2D eigenvalue weighted by Crippen LogP contribution is 2.40. The minimum absolute atomic E-state index is 0.438. The predicted molar refractivity (Wildman–Crippen MR) is 62.9 cm³/mol. The van der Waals surface area contributed by atoms with Gasteiger partial charge in [0.15, 0.2) is 0 Å². The smallest absolute Gasteiger partial charge is 0.318 e. The Labute approximate surface area is 96.8 Å². The Hall–Kier alpha value is 0.340. The molecule has 0 aromatic heterocycles. The van der Waals surface area contributed by atoms with Gasteiger partial charge in [-0.25, -0.2) is 0 Å². The fourth-order valence-corrected chi connectivity index (χ4v) is 6.97. The molecule has 0 aromatic carbocycles. The molecule has 2 unspecified atom stereocenters. The first-order valence-corrected chi connectivity index (χ1v) is 8.40. The number of aliphatic carboxylic acids is 2. The minimum Gasteiger partial charge on any atom is -0.480 e. The van der Waals surface area contributed by atoms with E-state index in [1.54, 1.807) is 0 Å². The first-order valence-electron chi connectivity index (χ1n) is 3.63. The molecule has 0 aliphatic carbocycles. The maximum Gasteiger partial charge on any atom is 0.318 e. The molecule has 8 heteroatoms. The van der Waals surface area contributed by atoms with Crippen molar-refractivity contribution in [1.82, 2.24) is 0 Å². The fourth-order valence-electron chi connectivity index (χ4n) is 0.647. The van der Waals surface area contributed by atoms with E-state index in [1.807, 2.05) is 0 Å². The summed E-state index contributed by atoms with van der Waals surface area (Å²) in [5.74, 6) is -0.767. The normalized spacial score (nSPS) is 28.9. The largest absolute Gasteiger partial charge is 0.480 e. The van der Waals surface area contributed by atoms with Gasteiger partial charge in [-0.1, -0.05) is 43.2 Å². The van der Waals surface area contributed by atoms with Crippen LogP contribution in [0.5, 0.6) is 0 Å². The molecule has 14 heavy (non-hydrogen) atoms. The van der Waals surface area contributed by atoms with E-state index in [2.05, 4.69) is 0 Å². The van der Waals surface area contributed by atoms with Gasteiger partial charge in [-0.2, -0.15) is 0 Å². The van der Waals surface area contributed by atoms with E-state index >= 15 is 0 Å². The molecule has 80 valence electrons. The van der Waals surface area contributed by atoms with E-state index in [1.165, 1.54) is 43.2 Å². The quantitative estimate of drug-likeness (QED) is 0.735. The lowest BCUT2D eigenvalue weighted by molar-refractivity contribution is -0.136. The molecule has 0 radical (unpaired) electrons. The van der Waals surface area contributed by atoms with Gasteiger partial charge in [-0.05, 0) is 0 Å². The summed E-state index contributed by atoms with van der Waals surface area (Å²) in [6, 6.07) is 0. The second-order valence-corrected chi connectivity index (χ2v) is 7.65.